The number of oxazole rings is 1. The van der Waals surface area contributed by atoms with Gasteiger partial charge < -0.3 is 18.0 Å². The maximum atomic E-state index is 4.83. The van der Waals surface area contributed by atoms with E-state index in [-0.39, 0.29) is 0 Å². The molecule has 6 rings (SSSR count). The van der Waals surface area contributed by atoms with E-state index in [0.717, 1.165) is 22.5 Å². The van der Waals surface area contributed by atoms with Crippen LogP contribution in [0.4, 0.5) is 0 Å². The van der Waals surface area contributed by atoms with Crippen molar-refractivity contribution >= 4 is 22.7 Å². The number of aryl methyl sites for hydroxylation is 8. The number of aromatic nitrogens is 5. The molecule has 0 aliphatic carbocycles. The van der Waals surface area contributed by atoms with Crippen LogP contribution < -0.4 is 0 Å². The molecule has 204 valence electrons. The van der Waals surface area contributed by atoms with Crippen LogP contribution in [0.2, 0.25) is 0 Å². The van der Waals surface area contributed by atoms with Gasteiger partial charge in [-0.1, -0.05) is 6.07 Å². The summed E-state index contributed by atoms with van der Waals surface area (Å²) in [5, 5.41) is 5.18. The van der Waals surface area contributed by atoms with Gasteiger partial charge in [-0.25, -0.2) is 9.97 Å². The summed E-state index contributed by atoms with van der Waals surface area (Å²) in [4.78, 5) is 13.0. The van der Waals surface area contributed by atoms with Crippen LogP contribution >= 0.6 is 22.7 Å². The van der Waals surface area contributed by atoms with E-state index >= 15 is 0 Å². The van der Waals surface area contributed by atoms with Crippen LogP contribution in [0, 0.1) is 41.5 Å². The molecule has 0 spiro atoms. The zero-order valence-electron chi connectivity index (χ0n) is 23.5. The topological polar surface area (TPSA) is 74.8 Å². The molecule has 0 aromatic carbocycles. The fourth-order valence-corrected chi connectivity index (χ4v) is 3.27. The molecule has 0 aliphatic rings. The van der Waals surface area contributed by atoms with Gasteiger partial charge in [-0.15, -0.1) is 22.7 Å². The normalized spacial score (nSPS) is 9.05. The summed E-state index contributed by atoms with van der Waals surface area (Å²) in [6.07, 6.45) is 12.4. The van der Waals surface area contributed by atoms with Gasteiger partial charge in [-0.05, 0) is 70.3 Å². The van der Waals surface area contributed by atoms with E-state index in [2.05, 4.69) is 56.9 Å². The van der Waals surface area contributed by atoms with Crippen molar-refractivity contribution in [1.29, 1.82) is 0 Å². The van der Waals surface area contributed by atoms with Crippen LogP contribution in [0.15, 0.2) is 99.5 Å². The SMILES string of the molecule is Cc1cccn1C.Cc1ccco1.Cc1cccs1.Cc1nccn1C.Cc1ncco1.Cc1nccs1. The Morgan fingerprint density at radius 2 is 1.45 bits per heavy atom. The highest BCUT2D eigenvalue weighted by Crippen LogP contribution is 2.03. The van der Waals surface area contributed by atoms with E-state index in [9.17, 15) is 0 Å². The molecule has 7 nitrogen and oxygen atoms in total. The van der Waals surface area contributed by atoms with Crippen LogP contribution in [0.5, 0.6) is 0 Å². The first-order valence-corrected chi connectivity index (χ1v) is 13.7. The van der Waals surface area contributed by atoms with Crippen molar-refractivity contribution in [3.63, 3.8) is 0 Å². The highest BCUT2D eigenvalue weighted by Gasteiger charge is 1.84. The number of hydrogen-bond acceptors (Lipinski definition) is 7. The molecule has 9 heteroatoms. The highest BCUT2D eigenvalue weighted by molar-refractivity contribution is 7.09. The molecule has 6 aromatic rings. The van der Waals surface area contributed by atoms with Crippen molar-refractivity contribution in [3.05, 3.63) is 124 Å². The van der Waals surface area contributed by atoms with Gasteiger partial charge in [0.25, 0.3) is 0 Å². The predicted octanol–water partition coefficient (Wildman–Crippen LogP) is 8.14. The quantitative estimate of drug-likeness (QED) is 0.190. The molecule has 6 aromatic heterocycles. The van der Waals surface area contributed by atoms with E-state index in [1.54, 1.807) is 60.7 Å². The van der Waals surface area contributed by atoms with Crippen LogP contribution in [0.1, 0.15) is 33.1 Å². The summed E-state index contributed by atoms with van der Waals surface area (Å²) >= 11 is 3.44. The van der Waals surface area contributed by atoms with E-state index in [1.807, 2.05) is 75.4 Å². The second-order valence-corrected chi connectivity index (χ2v) is 10.1. The van der Waals surface area contributed by atoms with Gasteiger partial charge in [0.05, 0.1) is 17.5 Å². The first-order valence-electron chi connectivity index (χ1n) is 11.9. The minimum Gasteiger partial charge on any atom is -0.470 e. The molecule has 0 saturated heterocycles. The Balaban J connectivity index is 0.000000228. The molecule has 0 radical (unpaired) electrons. The predicted molar refractivity (Wildman–Crippen MR) is 159 cm³/mol. The Morgan fingerprint density at radius 3 is 1.61 bits per heavy atom. The Kier molecular flexibility index (Phi) is 16.5. The maximum Gasteiger partial charge on any atom is 0.190 e. The second kappa shape index (κ2) is 19.4. The molecule has 0 atom stereocenters. The lowest BCUT2D eigenvalue weighted by molar-refractivity contribution is 0.521. The number of furan rings is 1. The third-order valence-electron chi connectivity index (χ3n) is 4.70. The lowest BCUT2D eigenvalue weighted by Gasteiger charge is -1.89. The molecule has 0 bridgehead atoms. The Morgan fingerprint density at radius 1 is 0.658 bits per heavy atom. The monoisotopic (exact) mass is 553 g/mol. The summed E-state index contributed by atoms with van der Waals surface area (Å²) < 4.78 is 13.6. The largest absolute Gasteiger partial charge is 0.470 e. The zero-order valence-corrected chi connectivity index (χ0v) is 25.2. The van der Waals surface area contributed by atoms with E-state index in [4.69, 9.17) is 8.83 Å². The summed E-state index contributed by atoms with van der Waals surface area (Å²) in [7, 11) is 4.01. The van der Waals surface area contributed by atoms with Gasteiger partial charge in [-0.2, -0.15) is 0 Å². The van der Waals surface area contributed by atoms with Crippen molar-refractivity contribution in [3.8, 4) is 0 Å². The second-order valence-electron chi connectivity index (χ2n) is 7.90. The average molecular weight is 554 g/mol. The molecular weight excluding hydrogens is 514 g/mol. The summed E-state index contributed by atoms with van der Waals surface area (Å²) in [5.41, 5.74) is 1.31. The molecule has 0 fully saturated rings. The number of nitrogens with zero attached hydrogens (tertiary/aromatic N) is 5. The lowest BCUT2D eigenvalue weighted by atomic mass is 10.5. The number of hydrogen-bond donors (Lipinski definition) is 0. The fourth-order valence-electron chi connectivity index (χ4n) is 2.30. The summed E-state index contributed by atoms with van der Waals surface area (Å²) in [5.74, 6) is 2.74. The van der Waals surface area contributed by atoms with Crippen LogP contribution in [-0.4, -0.2) is 24.1 Å². The van der Waals surface area contributed by atoms with Crippen molar-refractivity contribution in [2.45, 2.75) is 41.5 Å². The Labute approximate surface area is 234 Å². The highest BCUT2D eigenvalue weighted by atomic mass is 32.1. The van der Waals surface area contributed by atoms with Gasteiger partial charge >= 0.3 is 0 Å². The van der Waals surface area contributed by atoms with Crippen molar-refractivity contribution in [2.24, 2.45) is 14.1 Å². The maximum absolute atomic E-state index is 4.83. The van der Waals surface area contributed by atoms with E-state index < -0.39 is 0 Å². The van der Waals surface area contributed by atoms with Crippen LogP contribution in [0.25, 0.3) is 0 Å². The molecule has 0 aliphatic heterocycles. The Bertz CT molecular complexity index is 1080. The van der Waals surface area contributed by atoms with Crippen molar-refractivity contribution < 1.29 is 8.83 Å². The number of thiophene rings is 1. The number of rotatable bonds is 0. The molecular formula is C29H39N5O2S2. The molecule has 38 heavy (non-hydrogen) atoms. The lowest BCUT2D eigenvalue weighted by Crippen LogP contribution is -1.86. The molecule has 0 unspecified atom stereocenters. The van der Waals surface area contributed by atoms with Crippen LogP contribution in [-0.2, 0) is 14.1 Å². The van der Waals surface area contributed by atoms with Gasteiger partial charge in [0.15, 0.2) is 5.89 Å². The number of imidazole rings is 1. The minimum absolute atomic E-state index is 0.718. The molecule has 0 amide bonds. The number of thiazole rings is 1. The van der Waals surface area contributed by atoms with Crippen LogP contribution in [0.3, 0.4) is 0 Å². The third kappa shape index (κ3) is 16.1. The summed E-state index contributed by atoms with van der Waals surface area (Å²) in [6, 6.07) is 12.1. The molecule has 0 N–H and O–H groups in total. The van der Waals surface area contributed by atoms with Gasteiger partial charge in [0.2, 0.25) is 0 Å². The summed E-state index contributed by atoms with van der Waals surface area (Å²) in [6.45, 7) is 11.9. The van der Waals surface area contributed by atoms with Crippen molar-refractivity contribution in [2.75, 3.05) is 0 Å². The first kappa shape index (κ1) is 32.3. The fraction of sp³-hybridized carbons (Fsp3) is 0.276. The minimum atomic E-state index is 0.718. The van der Waals surface area contributed by atoms with E-state index in [1.165, 1.54) is 10.6 Å². The first-order chi connectivity index (χ1) is 18.2. The van der Waals surface area contributed by atoms with E-state index in [0.29, 0.717) is 0 Å². The van der Waals surface area contributed by atoms with Crippen molar-refractivity contribution in [1.82, 2.24) is 24.1 Å². The zero-order chi connectivity index (χ0) is 28.2. The third-order valence-corrected chi connectivity index (χ3v) is 6.21. The van der Waals surface area contributed by atoms with Gasteiger partial charge in [0.1, 0.15) is 17.8 Å². The smallest absolute Gasteiger partial charge is 0.190 e. The average Bonchev–Trinajstić information content (AvgIpc) is 3.71. The van der Waals surface area contributed by atoms with Gasteiger partial charge in [-0.3, -0.25) is 4.98 Å². The molecule has 0 saturated carbocycles. The standard InChI is InChI=1S/C6H9N.C5H8N2.C5H6O.C5H6S.C4H5NO.C4H5NS/c1-6-4-3-5-7(6)2;1-5-6-3-4-7(5)2;2*1-5-3-2-4-6-5;2*1-4-5-2-3-6-4/h3-5H,1-2H3;3-4H,1-2H3;2*2-4H,1H3;2*2-3H,1H3. The van der Waals surface area contributed by atoms with Gasteiger partial charge in [0, 0.05) is 61.8 Å². The molecule has 6 heterocycles. The Hall–Kier alpha value is -3.69.